The maximum atomic E-state index is 0. The third kappa shape index (κ3) is 15.9. The molecule has 4 heavy (non-hydrogen) atoms. The van der Waals surface area contributed by atoms with Gasteiger partial charge < -0.3 is 20.3 Å². The SMILES string of the molecule is O.[Au].[CH3-].[CH3-]. The Morgan fingerprint density at radius 1 is 0.750 bits per heavy atom. The zero-order valence-corrected chi connectivity index (χ0v) is 4.97. The smallest absolute Gasteiger partial charge is 0 e. The number of hydrogen-bond donors (Lipinski definition) is 0. The minimum absolute atomic E-state index is 0. The van der Waals surface area contributed by atoms with Crippen molar-refractivity contribution in [1.29, 1.82) is 0 Å². The standard InChI is InChI=1S/2CH3.Au.H2O/h2*1H3;;1H2/q2*-1;;. The Kier molecular flexibility index (Phi) is 1810. The van der Waals surface area contributed by atoms with Crippen molar-refractivity contribution >= 4 is 0 Å². The first kappa shape index (κ1) is 131. The fraction of sp³-hybridized carbons (Fsp3) is 0. The molecule has 1 nitrogen and oxygen atoms in total. The van der Waals surface area contributed by atoms with Crippen LogP contribution in [0.25, 0.3) is 0 Å². The van der Waals surface area contributed by atoms with E-state index in [0.717, 1.165) is 0 Å². The van der Waals surface area contributed by atoms with Gasteiger partial charge >= 0.3 is 0 Å². The molecule has 0 amide bonds. The zero-order valence-electron chi connectivity index (χ0n) is 2.80. The van der Waals surface area contributed by atoms with Gasteiger partial charge in [-0.3, -0.25) is 0 Å². The van der Waals surface area contributed by atoms with Crippen LogP contribution in [0.1, 0.15) is 0 Å². The summed E-state index contributed by atoms with van der Waals surface area (Å²) in [6.45, 7) is 0. The topological polar surface area (TPSA) is 31.5 Å². The van der Waals surface area contributed by atoms with Crippen LogP contribution in [0.15, 0.2) is 0 Å². The fourth-order valence-electron chi connectivity index (χ4n) is 0. The molecule has 1 radical (unpaired) electrons. The van der Waals surface area contributed by atoms with E-state index in [-0.39, 0.29) is 42.7 Å². The molecule has 0 aromatic heterocycles. The molecule has 0 fully saturated rings. The van der Waals surface area contributed by atoms with E-state index < -0.39 is 0 Å². The van der Waals surface area contributed by atoms with Crippen molar-refractivity contribution in [3.05, 3.63) is 14.9 Å². The van der Waals surface area contributed by atoms with E-state index in [2.05, 4.69) is 0 Å². The molecule has 35 valence electrons. The molecule has 0 saturated heterocycles. The molecule has 0 unspecified atom stereocenters. The second-order valence-electron chi connectivity index (χ2n) is 0. The van der Waals surface area contributed by atoms with Crippen LogP contribution in [0.5, 0.6) is 0 Å². The van der Waals surface area contributed by atoms with E-state index in [9.17, 15) is 0 Å². The molecular formula is C2H8AuO-2. The van der Waals surface area contributed by atoms with Gasteiger partial charge in [0.05, 0.1) is 0 Å². The van der Waals surface area contributed by atoms with Gasteiger partial charge in [0.15, 0.2) is 0 Å². The number of rotatable bonds is 0. The Labute approximate surface area is 43.2 Å². The van der Waals surface area contributed by atoms with Crippen LogP contribution < -0.4 is 0 Å². The van der Waals surface area contributed by atoms with E-state index in [4.69, 9.17) is 0 Å². The third-order valence-corrected chi connectivity index (χ3v) is 0. The summed E-state index contributed by atoms with van der Waals surface area (Å²) in [5.74, 6) is 0. The van der Waals surface area contributed by atoms with E-state index in [1.54, 1.807) is 0 Å². The molecule has 0 aromatic rings. The van der Waals surface area contributed by atoms with Gasteiger partial charge in [0.2, 0.25) is 0 Å². The molecule has 0 bridgehead atoms. The third-order valence-electron chi connectivity index (χ3n) is 0. The molecule has 0 aromatic carbocycles. The van der Waals surface area contributed by atoms with Crippen molar-refractivity contribution in [2.75, 3.05) is 0 Å². The normalized spacial score (nSPS) is 0. The van der Waals surface area contributed by atoms with Crippen molar-refractivity contribution < 1.29 is 27.9 Å². The Morgan fingerprint density at radius 2 is 0.750 bits per heavy atom. The molecule has 0 aliphatic heterocycles. The molecule has 0 saturated carbocycles. The minimum Gasteiger partial charge on any atom is -0.412 e. The van der Waals surface area contributed by atoms with Crippen molar-refractivity contribution in [2.24, 2.45) is 0 Å². The van der Waals surface area contributed by atoms with Crippen LogP contribution in [0, 0.1) is 14.9 Å². The maximum Gasteiger partial charge on any atom is 0 e. The first-order valence-electron chi connectivity index (χ1n) is 0. The van der Waals surface area contributed by atoms with Crippen molar-refractivity contribution in [1.82, 2.24) is 0 Å². The summed E-state index contributed by atoms with van der Waals surface area (Å²) in [6.07, 6.45) is 0. The second kappa shape index (κ2) is 55.0. The van der Waals surface area contributed by atoms with Crippen molar-refractivity contribution in [3.8, 4) is 0 Å². The van der Waals surface area contributed by atoms with E-state index in [0.29, 0.717) is 0 Å². The zero-order chi connectivity index (χ0) is 0. The summed E-state index contributed by atoms with van der Waals surface area (Å²) in [4.78, 5) is 0. The van der Waals surface area contributed by atoms with Gasteiger partial charge in [-0.1, -0.05) is 0 Å². The van der Waals surface area contributed by atoms with Crippen LogP contribution in [-0.2, 0) is 22.4 Å². The predicted molar refractivity (Wildman–Crippen MR) is 16.4 cm³/mol. The number of hydrogen-bond acceptors (Lipinski definition) is 0. The van der Waals surface area contributed by atoms with Crippen LogP contribution in [0.2, 0.25) is 0 Å². The molecule has 0 heterocycles. The monoisotopic (exact) mass is 245 g/mol. The Bertz CT molecular complexity index is 6.00. The van der Waals surface area contributed by atoms with Crippen LogP contribution in [0.3, 0.4) is 0 Å². The van der Waals surface area contributed by atoms with Crippen molar-refractivity contribution in [3.63, 3.8) is 0 Å². The van der Waals surface area contributed by atoms with Gasteiger partial charge in [-0.15, -0.1) is 0 Å². The molecule has 0 atom stereocenters. The first-order chi connectivity index (χ1) is 0. The summed E-state index contributed by atoms with van der Waals surface area (Å²) < 4.78 is 0. The molecule has 0 spiro atoms. The average molecular weight is 245 g/mol. The quantitative estimate of drug-likeness (QED) is 0.427. The minimum atomic E-state index is 0. The van der Waals surface area contributed by atoms with Crippen LogP contribution >= 0.6 is 0 Å². The van der Waals surface area contributed by atoms with Gasteiger partial charge in [0, 0.05) is 22.4 Å². The fourth-order valence-corrected chi connectivity index (χ4v) is 0. The van der Waals surface area contributed by atoms with E-state index >= 15 is 0 Å². The molecular weight excluding hydrogens is 237 g/mol. The molecule has 0 aliphatic carbocycles. The molecule has 0 rings (SSSR count). The van der Waals surface area contributed by atoms with Gasteiger partial charge in [-0.2, -0.15) is 0 Å². The Morgan fingerprint density at radius 3 is 0.750 bits per heavy atom. The van der Waals surface area contributed by atoms with E-state index in [1.807, 2.05) is 0 Å². The average Bonchev–Trinajstić information content (AvgIpc) is 0. The maximum absolute atomic E-state index is 0. The van der Waals surface area contributed by atoms with Crippen LogP contribution in [-0.4, -0.2) is 5.48 Å². The predicted octanol–water partition coefficient (Wildman–Crippen LogP) is 0.0734. The molecule has 2 N–H and O–H groups in total. The summed E-state index contributed by atoms with van der Waals surface area (Å²) >= 11 is 0. The summed E-state index contributed by atoms with van der Waals surface area (Å²) in [6, 6.07) is 0. The largest absolute Gasteiger partial charge is 0.412 e. The van der Waals surface area contributed by atoms with Gasteiger partial charge in [0.1, 0.15) is 0 Å². The van der Waals surface area contributed by atoms with E-state index in [1.165, 1.54) is 0 Å². The summed E-state index contributed by atoms with van der Waals surface area (Å²) in [5, 5.41) is 0. The Balaban J connectivity index is 0. The molecule has 0 aliphatic rings. The second-order valence-corrected chi connectivity index (χ2v) is 0. The summed E-state index contributed by atoms with van der Waals surface area (Å²) in [5.41, 5.74) is 0. The molecule has 2 heteroatoms. The van der Waals surface area contributed by atoms with Crippen molar-refractivity contribution in [2.45, 2.75) is 0 Å². The first-order valence-corrected chi connectivity index (χ1v) is 0. The van der Waals surface area contributed by atoms with Gasteiger partial charge in [-0.05, 0) is 0 Å². The Hall–Kier alpha value is 0.700. The summed E-state index contributed by atoms with van der Waals surface area (Å²) in [7, 11) is 0. The van der Waals surface area contributed by atoms with Gasteiger partial charge in [0.25, 0.3) is 0 Å². The van der Waals surface area contributed by atoms with Gasteiger partial charge in [-0.25, -0.2) is 0 Å². The van der Waals surface area contributed by atoms with Crippen LogP contribution in [0.4, 0.5) is 0 Å².